The predicted octanol–water partition coefficient (Wildman–Crippen LogP) is 9.44. The Bertz CT molecular complexity index is 1870. The first-order valence-electron chi connectivity index (χ1n) is 13.7. The van der Waals surface area contributed by atoms with Crippen LogP contribution in [-0.2, 0) is 0 Å². The van der Waals surface area contributed by atoms with E-state index in [2.05, 4.69) is 45.0 Å². The van der Waals surface area contributed by atoms with E-state index in [1.165, 1.54) is 17.7 Å². The molecule has 0 radical (unpaired) electrons. The maximum atomic E-state index is 13.3. The zero-order chi connectivity index (χ0) is 31.2. The third-order valence-electron chi connectivity index (χ3n) is 6.68. The lowest BCUT2D eigenvalue weighted by atomic mass is 10.0. The number of alkyl halides is 1. The number of halogens is 3. The number of pyridine rings is 2. The number of Topliss-reactive ketones (excluding diaryl/α,β-unsaturated/α-hetero) is 1. The lowest BCUT2D eigenvalue weighted by Crippen LogP contribution is -2.08. The van der Waals surface area contributed by atoms with Gasteiger partial charge < -0.3 is 11.5 Å². The summed E-state index contributed by atoms with van der Waals surface area (Å²) >= 11 is 4.98. The molecule has 0 fully saturated rings. The molecule has 0 saturated heterocycles. The number of carbonyl (C=O) groups excluding carboxylic acids is 1. The molecule has 0 amide bonds. The number of thiazole rings is 1. The molecular weight excluding hydrogens is 717 g/mol. The minimum atomic E-state index is -0.399. The van der Waals surface area contributed by atoms with Crippen LogP contribution in [0.4, 0.5) is 16.0 Å². The van der Waals surface area contributed by atoms with Gasteiger partial charge in [0.05, 0.1) is 10.6 Å². The summed E-state index contributed by atoms with van der Waals surface area (Å²) in [4.78, 5) is 25.8. The Morgan fingerprint density at radius 1 is 0.778 bits per heavy atom. The number of aryl methyl sites for hydroxylation is 2. The Morgan fingerprint density at radius 2 is 1.42 bits per heavy atom. The fourth-order valence-corrected chi connectivity index (χ4v) is 6.17. The average molecular weight is 748 g/mol. The fourth-order valence-electron chi connectivity index (χ4n) is 4.53. The SMILES string of the molecule is Br.Cc1cccc(-c2nc(-c3ccc(F)cc3)sc2-c2ccnc(N)c2)c1.Cc1cccc(C(=O)C(Br)c2ccnc(N)c2)c1. The summed E-state index contributed by atoms with van der Waals surface area (Å²) < 4.78 is 13.3. The van der Waals surface area contributed by atoms with Gasteiger partial charge in [-0.15, -0.1) is 28.3 Å². The van der Waals surface area contributed by atoms with Crippen LogP contribution < -0.4 is 11.5 Å². The molecule has 1 unspecified atom stereocenters. The van der Waals surface area contributed by atoms with Crippen LogP contribution in [0.5, 0.6) is 0 Å². The number of aromatic nitrogens is 3. The second-order valence-electron chi connectivity index (χ2n) is 10.2. The molecule has 6 rings (SSSR count). The normalized spacial score (nSPS) is 11.1. The molecule has 6 aromatic rings. The molecular formula is C35H30Br2FN5OS. The zero-order valence-electron chi connectivity index (χ0n) is 24.4. The molecule has 3 aromatic carbocycles. The number of ketones is 1. The van der Waals surface area contributed by atoms with E-state index in [-0.39, 0.29) is 28.6 Å². The molecule has 0 aliphatic heterocycles. The first kappa shape index (κ1) is 33.6. The van der Waals surface area contributed by atoms with E-state index in [0.29, 0.717) is 17.2 Å². The number of hydrogen-bond acceptors (Lipinski definition) is 7. The van der Waals surface area contributed by atoms with Crippen molar-refractivity contribution >= 4 is 61.7 Å². The molecule has 228 valence electrons. The zero-order valence-corrected chi connectivity index (χ0v) is 28.6. The van der Waals surface area contributed by atoms with Crippen molar-refractivity contribution in [1.29, 1.82) is 0 Å². The molecule has 45 heavy (non-hydrogen) atoms. The maximum Gasteiger partial charge on any atom is 0.180 e. The highest BCUT2D eigenvalue weighted by atomic mass is 79.9. The van der Waals surface area contributed by atoms with Gasteiger partial charge in [0.2, 0.25) is 0 Å². The third-order valence-corrected chi connectivity index (χ3v) is 8.78. The Kier molecular flexibility index (Phi) is 11.3. The summed E-state index contributed by atoms with van der Waals surface area (Å²) in [5, 5.41) is 0.840. The van der Waals surface area contributed by atoms with Crippen molar-refractivity contribution in [3.8, 4) is 32.3 Å². The standard InChI is InChI=1S/C21H16FN3S.C14H13BrN2O.BrH/c1-13-3-2-4-15(11-13)19-20(16-9-10-24-18(23)12-16)26-21(25-19)14-5-7-17(22)8-6-14;1-9-3-2-4-11(7-9)14(18)13(15)10-5-6-17-12(16)8-10;/h2-12H,1H3,(H2,23,24);2-8,13H,1H3,(H2,16,17);1H. The van der Waals surface area contributed by atoms with Gasteiger partial charge in [-0.05, 0) is 85.6 Å². The number of carbonyl (C=O) groups is 1. The number of hydrogen-bond donors (Lipinski definition) is 2. The molecule has 0 bridgehead atoms. The highest BCUT2D eigenvalue weighted by Crippen LogP contribution is 2.41. The number of anilines is 2. The largest absolute Gasteiger partial charge is 0.384 e. The van der Waals surface area contributed by atoms with Crippen molar-refractivity contribution in [2.75, 3.05) is 11.5 Å². The van der Waals surface area contributed by atoms with Crippen molar-refractivity contribution in [3.63, 3.8) is 0 Å². The van der Waals surface area contributed by atoms with E-state index in [9.17, 15) is 9.18 Å². The highest BCUT2D eigenvalue weighted by molar-refractivity contribution is 9.09. The molecule has 3 aromatic heterocycles. The first-order valence-corrected chi connectivity index (χ1v) is 15.4. The van der Waals surface area contributed by atoms with Crippen molar-refractivity contribution in [1.82, 2.24) is 15.0 Å². The molecule has 6 nitrogen and oxygen atoms in total. The van der Waals surface area contributed by atoms with E-state index in [1.54, 1.807) is 48.0 Å². The van der Waals surface area contributed by atoms with Gasteiger partial charge in [-0.2, -0.15) is 0 Å². The second kappa shape index (κ2) is 15.2. The summed E-state index contributed by atoms with van der Waals surface area (Å²) in [7, 11) is 0. The smallest absolute Gasteiger partial charge is 0.180 e. The van der Waals surface area contributed by atoms with E-state index in [4.69, 9.17) is 16.5 Å². The second-order valence-corrected chi connectivity index (χ2v) is 12.1. The monoisotopic (exact) mass is 745 g/mol. The molecule has 4 N–H and O–H groups in total. The van der Waals surface area contributed by atoms with Crippen molar-refractivity contribution in [2.24, 2.45) is 0 Å². The first-order chi connectivity index (χ1) is 21.2. The molecule has 0 saturated carbocycles. The summed E-state index contributed by atoms with van der Waals surface area (Å²) in [6, 6.07) is 29.4. The van der Waals surface area contributed by atoms with E-state index >= 15 is 0 Å². The number of benzene rings is 3. The maximum absolute atomic E-state index is 13.3. The lowest BCUT2D eigenvalue weighted by Gasteiger charge is -2.10. The third kappa shape index (κ3) is 8.48. The number of nitrogens with two attached hydrogens (primary N) is 2. The highest BCUT2D eigenvalue weighted by Gasteiger charge is 2.19. The molecule has 10 heteroatoms. The van der Waals surface area contributed by atoms with Crippen molar-refractivity contribution in [3.05, 3.63) is 138 Å². The lowest BCUT2D eigenvalue weighted by molar-refractivity contribution is 0.0991. The Labute approximate surface area is 284 Å². The van der Waals surface area contributed by atoms with Gasteiger partial charge in [0, 0.05) is 29.1 Å². The molecule has 1 atom stereocenters. The number of nitrogens with zero attached hydrogens (tertiary/aromatic N) is 3. The van der Waals surface area contributed by atoms with Crippen LogP contribution in [0.15, 0.2) is 109 Å². The molecule has 0 spiro atoms. The van der Waals surface area contributed by atoms with Crippen LogP contribution in [0.2, 0.25) is 0 Å². The number of nitrogen functional groups attached to an aromatic ring is 2. The van der Waals surface area contributed by atoms with Gasteiger partial charge in [0.1, 0.15) is 27.3 Å². The minimum Gasteiger partial charge on any atom is -0.384 e. The fraction of sp³-hybridized carbons (Fsp3) is 0.0857. The minimum absolute atomic E-state index is 0. The van der Waals surface area contributed by atoms with Gasteiger partial charge in [-0.1, -0.05) is 63.5 Å². The van der Waals surface area contributed by atoms with Gasteiger partial charge in [-0.3, -0.25) is 4.79 Å². The average Bonchev–Trinajstić information content (AvgIpc) is 3.47. The number of rotatable bonds is 6. The summed E-state index contributed by atoms with van der Waals surface area (Å²) in [6.07, 6.45) is 3.30. The van der Waals surface area contributed by atoms with Crippen LogP contribution in [0.1, 0.15) is 31.9 Å². The topological polar surface area (TPSA) is 108 Å². The molecule has 0 aliphatic carbocycles. The summed E-state index contributed by atoms with van der Waals surface area (Å²) in [5.74, 6) is 0.638. The summed E-state index contributed by atoms with van der Waals surface area (Å²) in [6.45, 7) is 4.02. The molecule has 0 aliphatic rings. The van der Waals surface area contributed by atoms with Crippen LogP contribution in [-0.4, -0.2) is 20.7 Å². The Morgan fingerprint density at radius 3 is 2.07 bits per heavy atom. The van der Waals surface area contributed by atoms with E-state index < -0.39 is 4.83 Å². The van der Waals surface area contributed by atoms with Gasteiger partial charge in [0.15, 0.2) is 5.78 Å². The predicted molar refractivity (Wildman–Crippen MR) is 191 cm³/mol. The van der Waals surface area contributed by atoms with Gasteiger partial charge >= 0.3 is 0 Å². The van der Waals surface area contributed by atoms with Crippen molar-refractivity contribution in [2.45, 2.75) is 18.7 Å². The van der Waals surface area contributed by atoms with E-state index in [0.717, 1.165) is 43.4 Å². The van der Waals surface area contributed by atoms with Gasteiger partial charge in [0.25, 0.3) is 0 Å². The molecule has 3 heterocycles. The van der Waals surface area contributed by atoms with Crippen LogP contribution in [0.3, 0.4) is 0 Å². The van der Waals surface area contributed by atoms with Gasteiger partial charge in [-0.25, -0.2) is 19.3 Å². The Balaban J connectivity index is 0.000000214. The van der Waals surface area contributed by atoms with Crippen LogP contribution >= 0.6 is 44.2 Å². The quantitative estimate of drug-likeness (QED) is 0.130. The summed E-state index contributed by atoms with van der Waals surface area (Å²) in [5.41, 5.74) is 19.0. The Hall–Kier alpha value is -4.25. The van der Waals surface area contributed by atoms with Crippen LogP contribution in [0, 0.1) is 19.7 Å². The van der Waals surface area contributed by atoms with Crippen LogP contribution in [0.25, 0.3) is 32.3 Å². The van der Waals surface area contributed by atoms with E-state index in [1.807, 2.05) is 55.5 Å². The van der Waals surface area contributed by atoms with Crippen molar-refractivity contribution < 1.29 is 9.18 Å².